The van der Waals surface area contributed by atoms with Gasteiger partial charge in [0.25, 0.3) is 5.69 Å². The lowest BCUT2D eigenvalue weighted by Gasteiger charge is -1.98. The number of thiazole rings is 2. The van der Waals surface area contributed by atoms with Gasteiger partial charge in [0.2, 0.25) is 11.8 Å². The second kappa shape index (κ2) is 6.91. The van der Waals surface area contributed by atoms with E-state index in [1.54, 1.807) is 11.4 Å². The van der Waals surface area contributed by atoms with E-state index in [0.717, 1.165) is 11.3 Å². The lowest BCUT2D eigenvalue weighted by molar-refractivity contribution is -0.384. The number of rotatable bonds is 5. The van der Waals surface area contributed by atoms with E-state index in [1.165, 1.54) is 30.4 Å². The molecule has 0 bridgehead atoms. The van der Waals surface area contributed by atoms with Gasteiger partial charge in [-0.25, -0.2) is 9.97 Å². The van der Waals surface area contributed by atoms with Crippen molar-refractivity contribution in [2.75, 3.05) is 10.6 Å². The maximum absolute atomic E-state index is 12.1. The smallest absolute Gasteiger partial charge is 0.270 e. The summed E-state index contributed by atoms with van der Waals surface area (Å²) in [6, 6.07) is 4.33. The first kappa shape index (κ1) is 16.9. The summed E-state index contributed by atoms with van der Waals surface area (Å²) in [5.74, 6) is -0.540. The molecule has 2 aromatic heterocycles. The Morgan fingerprint density at radius 3 is 2.76 bits per heavy atom. The number of carbonyl (C=O) groups is 2. The summed E-state index contributed by atoms with van der Waals surface area (Å²) in [7, 11) is 0. The molecule has 25 heavy (non-hydrogen) atoms. The third-order valence-electron chi connectivity index (χ3n) is 3.01. The van der Waals surface area contributed by atoms with E-state index in [-0.39, 0.29) is 23.9 Å². The zero-order valence-corrected chi connectivity index (χ0v) is 14.4. The van der Waals surface area contributed by atoms with Crippen molar-refractivity contribution < 1.29 is 14.5 Å². The number of nitrogens with zero attached hydrogens (tertiary/aromatic N) is 3. The summed E-state index contributed by atoms with van der Waals surface area (Å²) >= 11 is 2.39. The third-order valence-corrected chi connectivity index (χ3v) is 4.75. The van der Waals surface area contributed by atoms with Crippen molar-refractivity contribution in [2.24, 2.45) is 0 Å². The molecule has 0 spiro atoms. The number of benzene rings is 1. The van der Waals surface area contributed by atoms with Crippen molar-refractivity contribution >= 4 is 60.7 Å². The Bertz CT molecular complexity index is 981. The molecule has 0 atom stereocenters. The summed E-state index contributed by atoms with van der Waals surface area (Å²) < 4.78 is 0.617. The molecule has 0 saturated carbocycles. The van der Waals surface area contributed by atoms with Crippen molar-refractivity contribution in [3.05, 3.63) is 39.4 Å². The Morgan fingerprint density at radius 1 is 1.24 bits per heavy atom. The van der Waals surface area contributed by atoms with E-state index >= 15 is 0 Å². The van der Waals surface area contributed by atoms with Crippen LogP contribution < -0.4 is 10.6 Å². The Morgan fingerprint density at radius 2 is 2.04 bits per heavy atom. The van der Waals surface area contributed by atoms with Gasteiger partial charge in [0, 0.05) is 24.4 Å². The van der Waals surface area contributed by atoms with E-state index in [0.29, 0.717) is 26.2 Å². The normalized spacial score (nSPS) is 10.6. The zero-order valence-electron chi connectivity index (χ0n) is 12.8. The van der Waals surface area contributed by atoms with Crippen molar-refractivity contribution in [2.45, 2.75) is 13.3 Å². The Hall–Kier alpha value is -2.92. The molecule has 0 aliphatic rings. The summed E-state index contributed by atoms with van der Waals surface area (Å²) in [5, 5.41) is 18.5. The van der Waals surface area contributed by atoms with E-state index in [4.69, 9.17) is 0 Å². The average Bonchev–Trinajstić information content (AvgIpc) is 3.11. The molecule has 128 valence electrons. The lowest BCUT2D eigenvalue weighted by Crippen LogP contribution is -2.14. The third kappa shape index (κ3) is 4.14. The number of carbonyl (C=O) groups excluding carboxylic acids is 2. The van der Waals surface area contributed by atoms with Crippen LogP contribution >= 0.6 is 22.7 Å². The maximum atomic E-state index is 12.1. The predicted octanol–water partition coefficient (Wildman–Crippen LogP) is 2.80. The van der Waals surface area contributed by atoms with Crippen LogP contribution in [-0.4, -0.2) is 26.7 Å². The first-order valence-electron chi connectivity index (χ1n) is 6.97. The molecule has 3 rings (SSSR count). The highest BCUT2D eigenvalue weighted by Gasteiger charge is 2.13. The van der Waals surface area contributed by atoms with Crippen LogP contribution in [0.2, 0.25) is 0 Å². The number of non-ortho nitro benzene ring substituents is 1. The van der Waals surface area contributed by atoms with Gasteiger partial charge in [-0.15, -0.1) is 11.3 Å². The van der Waals surface area contributed by atoms with Gasteiger partial charge in [0.05, 0.1) is 27.3 Å². The van der Waals surface area contributed by atoms with E-state index < -0.39 is 4.92 Å². The van der Waals surface area contributed by atoms with E-state index in [9.17, 15) is 19.7 Å². The second-order valence-electron chi connectivity index (χ2n) is 4.98. The van der Waals surface area contributed by atoms with Gasteiger partial charge in [0.1, 0.15) is 0 Å². The highest BCUT2D eigenvalue weighted by molar-refractivity contribution is 7.22. The minimum absolute atomic E-state index is 0.0259. The van der Waals surface area contributed by atoms with Gasteiger partial charge < -0.3 is 10.6 Å². The minimum atomic E-state index is -0.480. The second-order valence-corrected chi connectivity index (χ2v) is 6.87. The van der Waals surface area contributed by atoms with Gasteiger partial charge in [0.15, 0.2) is 10.3 Å². The van der Waals surface area contributed by atoms with Crippen LogP contribution in [0.25, 0.3) is 10.2 Å². The van der Waals surface area contributed by atoms with Gasteiger partial charge in [-0.2, -0.15) is 0 Å². The molecule has 0 radical (unpaired) electrons. The Labute approximate surface area is 148 Å². The van der Waals surface area contributed by atoms with Crippen LogP contribution in [0, 0.1) is 10.1 Å². The fraction of sp³-hybridized carbons (Fsp3) is 0.143. The molecule has 0 unspecified atom stereocenters. The molecule has 0 aliphatic heterocycles. The van der Waals surface area contributed by atoms with Crippen molar-refractivity contribution in [3.63, 3.8) is 0 Å². The number of fused-ring (bicyclic) bond motifs is 1. The number of amides is 2. The molecule has 2 N–H and O–H groups in total. The first-order chi connectivity index (χ1) is 11.9. The monoisotopic (exact) mass is 377 g/mol. The molecule has 0 saturated heterocycles. The predicted molar refractivity (Wildman–Crippen MR) is 95.0 cm³/mol. The molecule has 3 aromatic rings. The van der Waals surface area contributed by atoms with E-state index in [1.807, 2.05) is 0 Å². The molecule has 11 heteroatoms. The topological polar surface area (TPSA) is 127 Å². The maximum Gasteiger partial charge on any atom is 0.270 e. The Kier molecular flexibility index (Phi) is 4.67. The molecular formula is C14H11N5O4S2. The fourth-order valence-corrected chi connectivity index (χ4v) is 3.68. The number of nitro benzene ring substituents is 1. The van der Waals surface area contributed by atoms with Crippen LogP contribution in [-0.2, 0) is 16.0 Å². The molecule has 0 aliphatic carbocycles. The number of anilines is 2. The summed E-state index contributed by atoms with van der Waals surface area (Å²) in [5.41, 5.74) is 1.08. The van der Waals surface area contributed by atoms with Crippen LogP contribution in [0.5, 0.6) is 0 Å². The van der Waals surface area contributed by atoms with E-state index in [2.05, 4.69) is 20.6 Å². The molecule has 2 heterocycles. The van der Waals surface area contributed by atoms with Gasteiger partial charge in [-0.1, -0.05) is 11.3 Å². The minimum Gasteiger partial charge on any atom is -0.302 e. The number of hydrogen-bond acceptors (Lipinski definition) is 8. The highest BCUT2D eigenvalue weighted by atomic mass is 32.1. The summed E-state index contributed by atoms with van der Waals surface area (Å²) in [4.78, 5) is 41.7. The molecule has 0 fully saturated rings. The SMILES string of the molecule is CC(=O)Nc1nc(CC(=O)Nc2nc3ccc([N+](=O)[O-])cc3s2)cs1. The van der Waals surface area contributed by atoms with Crippen molar-refractivity contribution in [1.29, 1.82) is 0 Å². The van der Waals surface area contributed by atoms with Crippen LogP contribution in [0.1, 0.15) is 12.6 Å². The fourth-order valence-electron chi connectivity index (χ4n) is 2.00. The summed E-state index contributed by atoms with van der Waals surface area (Å²) in [6.45, 7) is 1.38. The standard InChI is InChI=1S/C14H11N5O4S2/c1-7(20)15-13-16-8(6-24-13)4-12(21)18-14-17-10-3-2-9(19(22)23)5-11(10)25-14/h2-3,5-6H,4H2,1H3,(H,15,16,20)(H,17,18,21). The first-order valence-corrected chi connectivity index (χ1v) is 8.67. The number of hydrogen-bond donors (Lipinski definition) is 2. The largest absolute Gasteiger partial charge is 0.302 e. The summed E-state index contributed by atoms with van der Waals surface area (Å²) in [6.07, 6.45) is 0.0339. The number of nitro groups is 1. The highest BCUT2D eigenvalue weighted by Crippen LogP contribution is 2.29. The van der Waals surface area contributed by atoms with Crippen molar-refractivity contribution in [3.8, 4) is 0 Å². The molecule has 9 nitrogen and oxygen atoms in total. The molecule has 2 amide bonds. The number of nitrogens with one attached hydrogen (secondary N) is 2. The zero-order chi connectivity index (χ0) is 18.0. The molecular weight excluding hydrogens is 366 g/mol. The van der Waals surface area contributed by atoms with Crippen LogP contribution in [0.4, 0.5) is 16.0 Å². The van der Waals surface area contributed by atoms with Crippen LogP contribution in [0.15, 0.2) is 23.6 Å². The number of aromatic nitrogens is 2. The molecule has 1 aromatic carbocycles. The Balaban J connectivity index is 1.68. The lowest BCUT2D eigenvalue weighted by atomic mass is 10.3. The van der Waals surface area contributed by atoms with Gasteiger partial charge >= 0.3 is 0 Å². The van der Waals surface area contributed by atoms with Gasteiger partial charge in [-0.3, -0.25) is 19.7 Å². The van der Waals surface area contributed by atoms with Crippen LogP contribution in [0.3, 0.4) is 0 Å². The van der Waals surface area contributed by atoms with Crippen molar-refractivity contribution in [1.82, 2.24) is 9.97 Å². The quantitative estimate of drug-likeness (QED) is 0.520. The van der Waals surface area contributed by atoms with Gasteiger partial charge in [-0.05, 0) is 6.07 Å². The average molecular weight is 377 g/mol.